The minimum Gasteiger partial charge on any atom is -0.347 e. The molecular weight excluding hydrogens is 242 g/mol. The number of hydrogen-bond acceptors (Lipinski definition) is 3. The van der Waals surface area contributed by atoms with Crippen molar-refractivity contribution < 1.29 is 0 Å². The first-order valence-electron chi connectivity index (χ1n) is 6.11. The Bertz CT molecular complexity index is 561. The van der Waals surface area contributed by atoms with Gasteiger partial charge in [0, 0.05) is 24.5 Å². The molecule has 0 aromatic carbocycles. The van der Waals surface area contributed by atoms with Crippen molar-refractivity contribution in [2.24, 2.45) is 5.92 Å². The molecule has 18 heavy (non-hydrogen) atoms. The average molecular weight is 259 g/mol. The number of nitrogens with one attached hydrogen (secondary N) is 1. The summed E-state index contributed by atoms with van der Waals surface area (Å²) < 4.78 is 0.656. The van der Waals surface area contributed by atoms with Crippen LogP contribution in [0.2, 0.25) is 0 Å². The zero-order valence-corrected chi connectivity index (χ0v) is 11.5. The molecule has 94 valence electrons. The molecule has 0 saturated heterocycles. The van der Waals surface area contributed by atoms with Gasteiger partial charge in [0.25, 0.3) is 0 Å². The van der Waals surface area contributed by atoms with Crippen molar-refractivity contribution in [1.29, 1.82) is 0 Å². The molecule has 0 bridgehead atoms. The van der Waals surface area contributed by atoms with E-state index in [2.05, 4.69) is 28.8 Å². The zero-order valence-electron chi connectivity index (χ0n) is 10.7. The predicted molar refractivity (Wildman–Crippen MR) is 75.0 cm³/mol. The van der Waals surface area contributed by atoms with E-state index in [-0.39, 0.29) is 0 Å². The first kappa shape index (κ1) is 12.9. The molecular formula is C14H17N3S. The van der Waals surface area contributed by atoms with E-state index in [4.69, 9.17) is 12.2 Å². The van der Waals surface area contributed by atoms with Crippen molar-refractivity contribution in [2.75, 3.05) is 0 Å². The van der Waals surface area contributed by atoms with Crippen molar-refractivity contribution in [3.8, 4) is 0 Å². The highest BCUT2D eigenvalue weighted by atomic mass is 32.1. The van der Waals surface area contributed by atoms with E-state index in [0.29, 0.717) is 10.6 Å². The van der Waals surface area contributed by atoms with E-state index < -0.39 is 0 Å². The van der Waals surface area contributed by atoms with Crippen LogP contribution < -0.4 is 0 Å². The largest absolute Gasteiger partial charge is 0.347 e. The Morgan fingerprint density at radius 3 is 2.89 bits per heavy atom. The number of pyridine rings is 1. The van der Waals surface area contributed by atoms with Crippen LogP contribution in [-0.2, 0) is 12.8 Å². The third-order valence-electron chi connectivity index (χ3n) is 2.57. The quantitative estimate of drug-likeness (QED) is 0.856. The van der Waals surface area contributed by atoms with Gasteiger partial charge >= 0.3 is 0 Å². The van der Waals surface area contributed by atoms with Gasteiger partial charge in [0.05, 0.1) is 0 Å². The molecule has 0 spiro atoms. The fourth-order valence-corrected chi connectivity index (χ4v) is 2.15. The molecule has 1 N–H and O–H groups in total. The van der Waals surface area contributed by atoms with Gasteiger partial charge in [-0.05, 0) is 30.0 Å². The van der Waals surface area contributed by atoms with Crippen LogP contribution in [0, 0.1) is 10.6 Å². The Labute approximate surface area is 112 Å². The summed E-state index contributed by atoms with van der Waals surface area (Å²) in [5.41, 5.74) is 2.29. The Kier molecular flexibility index (Phi) is 4.20. The second-order valence-corrected chi connectivity index (χ2v) is 5.25. The summed E-state index contributed by atoms with van der Waals surface area (Å²) in [6.45, 7) is 4.39. The Balaban J connectivity index is 2.23. The first-order chi connectivity index (χ1) is 8.63. The highest BCUT2D eigenvalue weighted by Gasteiger charge is 2.03. The summed E-state index contributed by atoms with van der Waals surface area (Å²) in [6, 6.07) is 5.92. The summed E-state index contributed by atoms with van der Waals surface area (Å²) in [4.78, 5) is 11.8. The van der Waals surface area contributed by atoms with Crippen molar-refractivity contribution in [3.05, 3.63) is 52.3 Å². The van der Waals surface area contributed by atoms with Gasteiger partial charge in [0.15, 0.2) is 0 Å². The summed E-state index contributed by atoms with van der Waals surface area (Å²) in [5, 5.41) is 0. The molecule has 0 fully saturated rings. The SMILES string of the molecule is CC(C)Cc1cc(=S)nc(Cc2cccnc2)[nH]1. The summed E-state index contributed by atoms with van der Waals surface area (Å²) in [5.74, 6) is 1.51. The van der Waals surface area contributed by atoms with Crippen LogP contribution in [0.1, 0.15) is 30.9 Å². The standard InChI is InChI=1S/C14H17N3S/c1-10(2)6-12-8-14(18)17-13(16-12)7-11-4-3-5-15-9-11/h3-5,8-10H,6-7H2,1-2H3,(H,16,17,18). The van der Waals surface area contributed by atoms with Gasteiger partial charge in [-0.25, -0.2) is 4.98 Å². The fourth-order valence-electron chi connectivity index (χ4n) is 1.89. The zero-order chi connectivity index (χ0) is 13.0. The van der Waals surface area contributed by atoms with E-state index in [9.17, 15) is 0 Å². The number of H-pyrrole nitrogens is 1. The maximum atomic E-state index is 5.21. The minimum atomic E-state index is 0.601. The minimum absolute atomic E-state index is 0.601. The summed E-state index contributed by atoms with van der Waals surface area (Å²) in [6.07, 6.45) is 5.36. The van der Waals surface area contributed by atoms with Crippen LogP contribution in [0.25, 0.3) is 0 Å². The van der Waals surface area contributed by atoms with Crippen LogP contribution >= 0.6 is 12.2 Å². The van der Waals surface area contributed by atoms with Crippen molar-refractivity contribution in [2.45, 2.75) is 26.7 Å². The van der Waals surface area contributed by atoms with Gasteiger partial charge in [-0.15, -0.1) is 0 Å². The molecule has 4 heteroatoms. The number of nitrogens with zero attached hydrogens (tertiary/aromatic N) is 2. The van der Waals surface area contributed by atoms with Gasteiger partial charge < -0.3 is 4.98 Å². The first-order valence-corrected chi connectivity index (χ1v) is 6.52. The summed E-state index contributed by atoms with van der Waals surface area (Å²) >= 11 is 5.21. The van der Waals surface area contributed by atoms with E-state index in [1.165, 1.54) is 0 Å². The maximum absolute atomic E-state index is 5.21. The van der Waals surface area contributed by atoms with Gasteiger partial charge in [-0.3, -0.25) is 4.98 Å². The monoisotopic (exact) mass is 259 g/mol. The van der Waals surface area contributed by atoms with Gasteiger partial charge in [0.1, 0.15) is 10.5 Å². The lowest BCUT2D eigenvalue weighted by atomic mass is 10.1. The molecule has 0 saturated carbocycles. The average Bonchev–Trinajstić information content (AvgIpc) is 2.28. The molecule has 0 aliphatic rings. The molecule has 0 radical (unpaired) electrons. The Morgan fingerprint density at radius 1 is 1.39 bits per heavy atom. The molecule has 0 amide bonds. The Morgan fingerprint density at radius 2 is 2.22 bits per heavy atom. The summed E-state index contributed by atoms with van der Waals surface area (Å²) in [7, 11) is 0. The maximum Gasteiger partial charge on any atom is 0.130 e. The van der Waals surface area contributed by atoms with E-state index in [1.54, 1.807) is 6.20 Å². The lowest BCUT2D eigenvalue weighted by Crippen LogP contribution is -2.04. The second kappa shape index (κ2) is 5.87. The topological polar surface area (TPSA) is 41.6 Å². The molecule has 0 unspecified atom stereocenters. The Hall–Kier alpha value is -1.55. The van der Waals surface area contributed by atoms with Crippen LogP contribution in [0.15, 0.2) is 30.6 Å². The molecule has 2 rings (SSSR count). The van der Waals surface area contributed by atoms with Crippen molar-refractivity contribution in [1.82, 2.24) is 15.0 Å². The van der Waals surface area contributed by atoms with Crippen LogP contribution in [0.5, 0.6) is 0 Å². The molecule has 2 heterocycles. The number of hydrogen-bond donors (Lipinski definition) is 1. The van der Waals surface area contributed by atoms with Gasteiger partial charge in [0.2, 0.25) is 0 Å². The van der Waals surface area contributed by atoms with Crippen molar-refractivity contribution in [3.63, 3.8) is 0 Å². The predicted octanol–water partition coefficient (Wildman–Crippen LogP) is 3.32. The van der Waals surface area contributed by atoms with Gasteiger partial charge in [-0.1, -0.05) is 32.1 Å². The molecule has 2 aromatic rings. The lowest BCUT2D eigenvalue weighted by molar-refractivity contribution is 0.630. The highest BCUT2D eigenvalue weighted by Crippen LogP contribution is 2.08. The third-order valence-corrected chi connectivity index (χ3v) is 2.78. The second-order valence-electron chi connectivity index (χ2n) is 4.83. The van der Waals surface area contributed by atoms with E-state index in [1.807, 2.05) is 24.4 Å². The van der Waals surface area contributed by atoms with Crippen LogP contribution in [0.3, 0.4) is 0 Å². The molecule has 0 aliphatic carbocycles. The molecule has 3 nitrogen and oxygen atoms in total. The van der Waals surface area contributed by atoms with Crippen molar-refractivity contribution >= 4 is 12.2 Å². The van der Waals surface area contributed by atoms with E-state index in [0.717, 1.165) is 29.9 Å². The molecule has 0 atom stereocenters. The van der Waals surface area contributed by atoms with Crippen LogP contribution in [-0.4, -0.2) is 15.0 Å². The molecule has 0 aliphatic heterocycles. The van der Waals surface area contributed by atoms with Crippen LogP contribution in [0.4, 0.5) is 0 Å². The smallest absolute Gasteiger partial charge is 0.130 e. The normalized spacial score (nSPS) is 10.8. The highest BCUT2D eigenvalue weighted by molar-refractivity contribution is 7.71. The van der Waals surface area contributed by atoms with Gasteiger partial charge in [-0.2, -0.15) is 0 Å². The van der Waals surface area contributed by atoms with E-state index >= 15 is 0 Å². The fraction of sp³-hybridized carbons (Fsp3) is 0.357. The number of aromatic amines is 1. The number of aromatic nitrogens is 3. The number of rotatable bonds is 4. The molecule has 2 aromatic heterocycles. The lowest BCUT2D eigenvalue weighted by Gasteiger charge is -2.08. The third kappa shape index (κ3) is 3.74.